The summed E-state index contributed by atoms with van der Waals surface area (Å²) in [7, 11) is 0. The maximum atomic E-state index is 12.4. The van der Waals surface area contributed by atoms with E-state index in [1.807, 2.05) is 0 Å². The number of carbonyl (C=O) groups is 1. The normalized spacial score (nSPS) is 12.8. The van der Waals surface area contributed by atoms with Gasteiger partial charge in [0.25, 0.3) is 0 Å². The molecule has 1 unspecified atom stereocenters. The Labute approximate surface area is 165 Å². The van der Waals surface area contributed by atoms with E-state index in [0.717, 1.165) is 11.8 Å². The molecular weight excluding hydrogens is 401 g/mol. The number of thioether (sulfide) groups is 1. The predicted molar refractivity (Wildman–Crippen MR) is 104 cm³/mol. The molecule has 1 atom stereocenters. The molecule has 5 nitrogen and oxygen atoms in total. The molecule has 1 heterocycles. The first-order valence-electron chi connectivity index (χ1n) is 7.97. The smallest absolute Gasteiger partial charge is 0.328 e. The van der Waals surface area contributed by atoms with Crippen molar-refractivity contribution in [1.29, 1.82) is 5.41 Å². The third-order valence-corrected chi connectivity index (χ3v) is 4.67. The maximum absolute atomic E-state index is 12.4. The Bertz CT molecular complexity index is 683. The second-order valence-corrected chi connectivity index (χ2v) is 6.88. The van der Waals surface area contributed by atoms with Crippen LogP contribution in [0.4, 0.5) is 18.9 Å². The molecule has 27 heavy (non-hydrogen) atoms. The highest BCUT2D eigenvalue weighted by Crippen LogP contribution is 2.27. The first-order chi connectivity index (χ1) is 12.7. The van der Waals surface area contributed by atoms with Crippen LogP contribution in [0.1, 0.15) is 13.3 Å². The van der Waals surface area contributed by atoms with Crippen molar-refractivity contribution >= 4 is 46.3 Å². The van der Waals surface area contributed by atoms with E-state index in [0.29, 0.717) is 5.69 Å². The molecule has 0 saturated carbocycles. The van der Waals surface area contributed by atoms with E-state index >= 15 is 0 Å². The highest BCUT2D eigenvalue weighted by Gasteiger charge is 2.31. The van der Waals surface area contributed by atoms with Crippen LogP contribution in [0, 0.1) is 5.41 Å². The molecule has 1 aromatic heterocycles. The van der Waals surface area contributed by atoms with Crippen LogP contribution >= 0.6 is 23.4 Å². The first-order valence-corrected chi connectivity index (χ1v) is 9.50. The van der Waals surface area contributed by atoms with Crippen LogP contribution in [-0.2, 0) is 4.79 Å². The molecular formula is C17H20ClF3N4OS. The summed E-state index contributed by atoms with van der Waals surface area (Å²) in [6.07, 6.45) is 0.0895. The van der Waals surface area contributed by atoms with Crippen molar-refractivity contribution < 1.29 is 18.0 Å². The molecule has 10 heteroatoms. The minimum atomic E-state index is -4.42. The van der Waals surface area contributed by atoms with Crippen LogP contribution in [-0.4, -0.2) is 57.4 Å². The number of rotatable bonds is 10. The van der Waals surface area contributed by atoms with Gasteiger partial charge in [0.15, 0.2) is 0 Å². The molecule has 0 aromatic carbocycles. The van der Waals surface area contributed by atoms with Crippen molar-refractivity contribution in [1.82, 2.24) is 9.88 Å². The number of hydrogen-bond acceptors (Lipinski definition) is 5. The van der Waals surface area contributed by atoms with Crippen LogP contribution < -0.4 is 0 Å². The Morgan fingerprint density at radius 3 is 2.78 bits per heavy atom. The van der Waals surface area contributed by atoms with Gasteiger partial charge in [-0.1, -0.05) is 18.2 Å². The van der Waals surface area contributed by atoms with Crippen molar-refractivity contribution in [2.75, 3.05) is 18.1 Å². The number of aliphatic imine (C=N–C) groups is 1. The summed E-state index contributed by atoms with van der Waals surface area (Å²) in [6, 6.07) is 2.56. The number of halogens is 4. The Morgan fingerprint density at radius 1 is 1.56 bits per heavy atom. The summed E-state index contributed by atoms with van der Waals surface area (Å²) in [5, 5.41) is 7.42. The Morgan fingerprint density at radius 2 is 2.26 bits per heavy atom. The fraction of sp³-hybridized carbons (Fsp3) is 0.412. The van der Waals surface area contributed by atoms with Crippen LogP contribution in [0.15, 0.2) is 41.7 Å². The van der Waals surface area contributed by atoms with Gasteiger partial charge in [-0.3, -0.25) is 20.2 Å². The zero-order valence-electron chi connectivity index (χ0n) is 14.7. The van der Waals surface area contributed by atoms with Crippen molar-refractivity contribution in [3.8, 4) is 0 Å². The number of hydrogen-bond donors (Lipinski definition) is 1. The Kier molecular flexibility index (Phi) is 9.51. The van der Waals surface area contributed by atoms with E-state index in [-0.39, 0.29) is 35.5 Å². The molecule has 0 fully saturated rings. The standard InChI is InChI=1S/C17H20ClF3N4OS/c1-3-25(15(26)6-8-27-11-12(2)17(19,20)21)14(16(18)22)10-24-13-5-4-7-23-9-13/h4-5,7,9-10,14,22H,2-3,6,8,11H2,1H3. The topological polar surface area (TPSA) is 69.4 Å². The lowest BCUT2D eigenvalue weighted by Gasteiger charge is -2.27. The van der Waals surface area contributed by atoms with Gasteiger partial charge in [0.2, 0.25) is 5.91 Å². The van der Waals surface area contributed by atoms with E-state index in [1.54, 1.807) is 25.3 Å². The molecule has 0 saturated heterocycles. The zero-order chi connectivity index (χ0) is 20.4. The Balaban J connectivity index is 2.66. The Hall–Kier alpha value is -1.87. The van der Waals surface area contributed by atoms with Gasteiger partial charge < -0.3 is 4.90 Å². The van der Waals surface area contributed by atoms with Crippen LogP contribution in [0.5, 0.6) is 0 Å². The second-order valence-electron chi connectivity index (χ2n) is 5.37. The summed E-state index contributed by atoms with van der Waals surface area (Å²) in [4.78, 5) is 21.9. The fourth-order valence-electron chi connectivity index (χ4n) is 1.98. The number of aromatic nitrogens is 1. The molecule has 0 spiro atoms. The molecule has 1 rings (SSSR count). The van der Waals surface area contributed by atoms with E-state index in [1.165, 1.54) is 17.3 Å². The SMILES string of the molecule is C=C(CSCCC(=O)N(CC)C(C=Nc1cccnc1)C(=N)Cl)C(F)(F)F. The molecule has 1 amide bonds. The van der Waals surface area contributed by atoms with E-state index < -0.39 is 17.8 Å². The van der Waals surface area contributed by atoms with Crippen LogP contribution in [0.2, 0.25) is 0 Å². The molecule has 0 radical (unpaired) electrons. The van der Waals surface area contributed by atoms with Gasteiger partial charge in [-0.25, -0.2) is 0 Å². The number of carbonyl (C=O) groups excluding carboxylic acids is 1. The van der Waals surface area contributed by atoms with E-state index in [9.17, 15) is 18.0 Å². The van der Waals surface area contributed by atoms with Gasteiger partial charge >= 0.3 is 6.18 Å². The summed E-state index contributed by atoms with van der Waals surface area (Å²) >= 11 is 6.80. The summed E-state index contributed by atoms with van der Waals surface area (Å²) in [6.45, 7) is 4.99. The number of amides is 1. The lowest BCUT2D eigenvalue weighted by atomic mass is 10.2. The van der Waals surface area contributed by atoms with Crippen LogP contribution in [0.25, 0.3) is 0 Å². The van der Waals surface area contributed by atoms with E-state index in [4.69, 9.17) is 17.0 Å². The minimum absolute atomic E-state index is 0.0189. The van der Waals surface area contributed by atoms with Crippen molar-refractivity contribution in [2.45, 2.75) is 25.6 Å². The largest absolute Gasteiger partial charge is 0.412 e. The van der Waals surface area contributed by atoms with Gasteiger partial charge in [-0.15, -0.1) is 0 Å². The van der Waals surface area contributed by atoms with E-state index in [2.05, 4.69) is 16.6 Å². The lowest BCUT2D eigenvalue weighted by molar-refractivity contribution is -0.130. The molecule has 148 valence electrons. The highest BCUT2D eigenvalue weighted by atomic mass is 35.5. The second kappa shape index (κ2) is 11.1. The first kappa shape index (κ1) is 23.2. The summed E-state index contributed by atoms with van der Waals surface area (Å²) < 4.78 is 37.2. The molecule has 0 aliphatic rings. The van der Waals surface area contributed by atoms with Gasteiger partial charge in [0, 0.05) is 42.5 Å². The van der Waals surface area contributed by atoms with Gasteiger partial charge in [0.1, 0.15) is 11.2 Å². The number of pyridine rings is 1. The summed E-state index contributed by atoms with van der Waals surface area (Å²) in [5.41, 5.74) is -0.290. The zero-order valence-corrected chi connectivity index (χ0v) is 16.2. The highest BCUT2D eigenvalue weighted by molar-refractivity contribution is 7.99. The maximum Gasteiger partial charge on any atom is 0.412 e. The summed E-state index contributed by atoms with van der Waals surface area (Å²) in [5.74, 6) is -0.414. The monoisotopic (exact) mass is 420 g/mol. The predicted octanol–water partition coefficient (Wildman–Crippen LogP) is 4.46. The van der Waals surface area contributed by atoms with Gasteiger partial charge in [-0.05, 0) is 19.1 Å². The average molecular weight is 421 g/mol. The fourth-order valence-corrected chi connectivity index (χ4v) is 3.03. The van der Waals surface area contributed by atoms with Gasteiger partial charge in [0.05, 0.1) is 11.9 Å². The molecule has 0 aliphatic carbocycles. The third-order valence-electron chi connectivity index (χ3n) is 3.40. The number of alkyl halides is 3. The molecule has 0 bridgehead atoms. The van der Waals surface area contributed by atoms with Crippen molar-refractivity contribution in [3.63, 3.8) is 0 Å². The third kappa shape index (κ3) is 8.13. The quantitative estimate of drug-likeness (QED) is 0.345. The van der Waals surface area contributed by atoms with Crippen LogP contribution in [0.3, 0.4) is 0 Å². The number of nitrogens with one attached hydrogen (secondary N) is 1. The molecule has 1 aromatic rings. The van der Waals surface area contributed by atoms with Gasteiger partial charge in [-0.2, -0.15) is 24.9 Å². The van der Waals surface area contributed by atoms with Crippen molar-refractivity contribution in [2.24, 2.45) is 4.99 Å². The average Bonchev–Trinajstić information content (AvgIpc) is 2.61. The van der Waals surface area contributed by atoms with Crippen molar-refractivity contribution in [3.05, 3.63) is 36.7 Å². The molecule has 1 N–H and O–H groups in total. The molecule has 0 aliphatic heterocycles. The minimum Gasteiger partial charge on any atom is -0.328 e. The lowest BCUT2D eigenvalue weighted by Crippen LogP contribution is -2.44. The number of nitrogens with zero attached hydrogens (tertiary/aromatic N) is 3.